The van der Waals surface area contributed by atoms with Gasteiger partial charge in [-0.15, -0.1) is 0 Å². The highest BCUT2D eigenvalue weighted by molar-refractivity contribution is 5.88. The molecular weight excluding hydrogens is 192 g/mol. The topological polar surface area (TPSA) is 80.0 Å². The summed E-state index contributed by atoms with van der Waals surface area (Å²) in [5.74, 6) is 0.529. The number of anilines is 1. The van der Waals surface area contributed by atoms with E-state index in [1.807, 2.05) is 13.0 Å². The van der Waals surface area contributed by atoms with Gasteiger partial charge in [0.1, 0.15) is 5.82 Å². The van der Waals surface area contributed by atoms with Crippen molar-refractivity contribution >= 4 is 11.8 Å². The van der Waals surface area contributed by atoms with Crippen molar-refractivity contribution in [3.63, 3.8) is 0 Å². The van der Waals surface area contributed by atoms with Gasteiger partial charge in [-0.1, -0.05) is 13.0 Å². The van der Waals surface area contributed by atoms with E-state index in [0.717, 1.165) is 12.0 Å². The summed E-state index contributed by atoms with van der Waals surface area (Å²) in [4.78, 5) is 15.3. The number of carbonyl (C=O) groups excluding carboxylic acids is 1. The number of rotatable bonds is 4. The number of hydrogen-bond donors (Lipinski definition) is 3. The molecule has 1 rings (SSSR count). The van der Waals surface area contributed by atoms with Gasteiger partial charge in [0.2, 0.25) is 0 Å². The largest absolute Gasteiger partial charge is 0.338 e. The average molecular weight is 208 g/mol. The van der Waals surface area contributed by atoms with E-state index in [-0.39, 0.29) is 6.03 Å². The highest BCUT2D eigenvalue weighted by atomic mass is 16.2. The van der Waals surface area contributed by atoms with Gasteiger partial charge in [0.05, 0.1) is 0 Å². The lowest BCUT2D eigenvalue weighted by Crippen LogP contribution is -2.29. The summed E-state index contributed by atoms with van der Waals surface area (Å²) in [5, 5.41) is 5.32. The zero-order valence-corrected chi connectivity index (χ0v) is 8.79. The van der Waals surface area contributed by atoms with Crippen LogP contribution in [0.15, 0.2) is 18.3 Å². The number of hydrogen-bond acceptors (Lipinski definition) is 3. The van der Waals surface area contributed by atoms with Crippen molar-refractivity contribution in [3.05, 3.63) is 23.9 Å². The standard InChI is InChI=1S/C10H16N4O/c1-2-5-12-10(15)14-9-4-3-8(6-11)7-13-9/h3-4,7H,2,5-6,11H2,1H3,(H2,12,13,14,15). The van der Waals surface area contributed by atoms with E-state index in [1.165, 1.54) is 0 Å². The van der Waals surface area contributed by atoms with Crippen LogP contribution in [0, 0.1) is 0 Å². The molecule has 0 radical (unpaired) electrons. The Morgan fingerprint density at radius 1 is 1.53 bits per heavy atom. The number of carbonyl (C=O) groups is 1. The van der Waals surface area contributed by atoms with Gasteiger partial charge in [-0.2, -0.15) is 0 Å². The smallest absolute Gasteiger partial charge is 0.320 e. The van der Waals surface area contributed by atoms with Crippen LogP contribution in [0.2, 0.25) is 0 Å². The monoisotopic (exact) mass is 208 g/mol. The quantitative estimate of drug-likeness (QED) is 0.692. The summed E-state index contributed by atoms with van der Waals surface area (Å²) in [6.45, 7) is 3.11. The number of amides is 2. The molecule has 0 aromatic carbocycles. The predicted octanol–water partition coefficient (Wildman–Crippen LogP) is 1.07. The Morgan fingerprint density at radius 2 is 2.33 bits per heavy atom. The van der Waals surface area contributed by atoms with E-state index >= 15 is 0 Å². The van der Waals surface area contributed by atoms with E-state index in [1.54, 1.807) is 12.3 Å². The normalized spacial score (nSPS) is 9.73. The molecule has 82 valence electrons. The molecule has 4 N–H and O–H groups in total. The Morgan fingerprint density at radius 3 is 2.87 bits per heavy atom. The summed E-state index contributed by atoms with van der Waals surface area (Å²) in [7, 11) is 0. The third-order valence-electron chi connectivity index (χ3n) is 1.84. The molecule has 0 aliphatic carbocycles. The molecule has 0 bridgehead atoms. The molecule has 0 aliphatic rings. The first-order valence-electron chi connectivity index (χ1n) is 4.96. The number of pyridine rings is 1. The van der Waals surface area contributed by atoms with Crippen LogP contribution in [-0.4, -0.2) is 17.6 Å². The van der Waals surface area contributed by atoms with Crippen LogP contribution in [-0.2, 0) is 6.54 Å². The highest BCUT2D eigenvalue weighted by Crippen LogP contribution is 2.03. The first-order chi connectivity index (χ1) is 7.26. The molecule has 15 heavy (non-hydrogen) atoms. The van der Waals surface area contributed by atoms with Gasteiger partial charge in [0, 0.05) is 19.3 Å². The van der Waals surface area contributed by atoms with Crippen LogP contribution < -0.4 is 16.4 Å². The Labute approximate surface area is 89.1 Å². The predicted molar refractivity (Wildman–Crippen MR) is 59.4 cm³/mol. The van der Waals surface area contributed by atoms with Crippen molar-refractivity contribution in [2.75, 3.05) is 11.9 Å². The van der Waals surface area contributed by atoms with E-state index in [9.17, 15) is 4.79 Å². The Bertz CT molecular complexity index is 310. The molecule has 1 aromatic heterocycles. The first-order valence-corrected chi connectivity index (χ1v) is 4.96. The summed E-state index contributed by atoms with van der Waals surface area (Å²) < 4.78 is 0. The third kappa shape index (κ3) is 3.95. The second-order valence-electron chi connectivity index (χ2n) is 3.14. The number of nitrogens with zero attached hydrogens (tertiary/aromatic N) is 1. The Hall–Kier alpha value is -1.62. The van der Waals surface area contributed by atoms with Crippen LogP contribution in [0.25, 0.3) is 0 Å². The fraction of sp³-hybridized carbons (Fsp3) is 0.400. The zero-order chi connectivity index (χ0) is 11.1. The van der Waals surface area contributed by atoms with E-state index < -0.39 is 0 Å². The molecular formula is C10H16N4O. The zero-order valence-electron chi connectivity index (χ0n) is 8.79. The van der Waals surface area contributed by atoms with Crippen molar-refractivity contribution in [2.24, 2.45) is 5.73 Å². The van der Waals surface area contributed by atoms with Crippen molar-refractivity contribution < 1.29 is 4.79 Å². The molecule has 0 saturated heterocycles. The fourth-order valence-electron chi connectivity index (χ4n) is 1.02. The number of nitrogens with two attached hydrogens (primary N) is 1. The van der Waals surface area contributed by atoms with Gasteiger partial charge in [-0.25, -0.2) is 9.78 Å². The van der Waals surface area contributed by atoms with E-state index in [4.69, 9.17) is 5.73 Å². The van der Waals surface area contributed by atoms with Gasteiger partial charge in [-0.3, -0.25) is 5.32 Å². The van der Waals surface area contributed by atoms with Gasteiger partial charge in [0.15, 0.2) is 0 Å². The summed E-state index contributed by atoms with van der Waals surface area (Å²) >= 11 is 0. The van der Waals surface area contributed by atoms with Crippen molar-refractivity contribution in [2.45, 2.75) is 19.9 Å². The maximum Gasteiger partial charge on any atom is 0.320 e. The van der Waals surface area contributed by atoms with Crippen molar-refractivity contribution in [1.82, 2.24) is 10.3 Å². The molecule has 0 spiro atoms. The number of aromatic nitrogens is 1. The molecule has 0 aliphatic heterocycles. The lowest BCUT2D eigenvalue weighted by molar-refractivity contribution is 0.252. The van der Waals surface area contributed by atoms with Gasteiger partial charge in [-0.05, 0) is 18.1 Å². The molecule has 5 heteroatoms. The van der Waals surface area contributed by atoms with Crippen LogP contribution in [0.3, 0.4) is 0 Å². The van der Waals surface area contributed by atoms with Crippen LogP contribution in [0.1, 0.15) is 18.9 Å². The number of nitrogens with one attached hydrogen (secondary N) is 2. The minimum Gasteiger partial charge on any atom is -0.338 e. The van der Waals surface area contributed by atoms with Crippen molar-refractivity contribution in [1.29, 1.82) is 0 Å². The lowest BCUT2D eigenvalue weighted by atomic mass is 10.3. The average Bonchev–Trinajstić information content (AvgIpc) is 2.27. The molecule has 0 fully saturated rings. The maximum atomic E-state index is 11.2. The van der Waals surface area contributed by atoms with Gasteiger partial charge < -0.3 is 11.1 Å². The second-order valence-corrected chi connectivity index (χ2v) is 3.14. The molecule has 5 nitrogen and oxygen atoms in total. The molecule has 1 aromatic rings. The van der Waals surface area contributed by atoms with E-state index in [0.29, 0.717) is 18.9 Å². The first kappa shape index (κ1) is 11.5. The third-order valence-corrected chi connectivity index (χ3v) is 1.84. The van der Waals surface area contributed by atoms with Crippen LogP contribution in [0.4, 0.5) is 10.6 Å². The summed E-state index contributed by atoms with van der Waals surface area (Å²) in [6, 6.07) is 3.33. The van der Waals surface area contributed by atoms with Gasteiger partial charge in [0.25, 0.3) is 0 Å². The van der Waals surface area contributed by atoms with Gasteiger partial charge >= 0.3 is 6.03 Å². The molecule has 1 heterocycles. The second kappa shape index (κ2) is 5.98. The Balaban J connectivity index is 2.46. The molecule has 0 saturated carbocycles. The summed E-state index contributed by atoms with van der Waals surface area (Å²) in [6.07, 6.45) is 2.56. The van der Waals surface area contributed by atoms with Crippen molar-refractivity contribution in [3.8, 4) is 0 Å². The molecule has 0 atom stereocenters. The fourth-order valence-corrected chi connectivity index (χ4v) is 1.02. The molecule has 2 amide bonds. The lowest BCUT2D eigenvalue weighted by Gasteiger charge is -2.05. The number of urea groups is 1. The minimum absolute atomic E-state index is 0.232. The Kier molecular flexibility index (Phi) is 4.56. The summed E-state index contributed by atoms with van der Waals surface area (Å²) in [5.41, 5.74) is 6.37. The minimum atomic E-state index is -0.232. The highest BCUT2D eigenvalue weighted by Gasteiger charge is 2.00. The van der Waals surface area contributed by atoms with E-state index in [2.05, 4.69) is 15.6 Å². The van der Waals surface area contributed by atoms with Crippen LogP contribution in [0.5, 0.6) is 0 Å². The maximum absolute atomic E-state index is 11.2. The SMILES string of the molecule is CCCNC(=O)Nc1ccc(CN)cn1. The molecule has 0 unspecified atom stereocenters. The van der Waals surface area contributed by atoms with Crippen LogP contribution >= 0.6 is 0 Å².